The number of piperidine rings is 1. The lowest BCUT2D eigenvalue weighted by Gasteiger charge is -2.39. The number of nitrogens with two attached hydrogens (primary N) is 1. The quantitative estimate of drug-likeness (QED) is 0.605. The minimum absolute atomic E-state index is 0.0416. The molecule has 3 aliphatic rings. The van der Waals surface area contributed by atoms with E-state index in [9.17, 15) is 22.8 Å². The van der Waals surface area contributed by atoms with Crippen molar-refractivity contribution in [1.29, 1.82) is 0 Å². The molecule has 36 heavy (non-hydrogen) atoms. The number of fused-ring (bicyclic) bond motifs is 2. The molecule has 13 heteroatoms. The second-order valence-electron chi connectivity index (χ2n) is 9.36. The zero-order chi connectivity index (χ0) is 25.4. The van der Waals surface area contributed by atoms with Crippen LogP contribution in [0.25, 0.3) is 0 Å². The lowest BCUT2D eigenvalue weighted by atomic mass is 10.00. The molecule has 0 spiro atoms. The number of anilines is 1. The van der Waals surface area contributed by atoms with Gasteiger partial charge in [0, 0.05) is 56.8 Å². The monoisotopic (exact) mass is 505 g/mol. The number of piperazine rings is 1. The highest BCUT2D eigenvalue weighted by Crippen LogP contribution is 2.39. The van der Waals surface area contributed by atoms with Crippen molar-refractivity contribution in [2.24, 2.45) is 5.73 Å². The van der Waals surface area contributed by atoms with Crippen LogP contribution in [0.3, 0.4) is 0 Å². The Hall–Kier alpha value is -3.48. The van der Waals surface area contributed by atoms with E-state index in [2.05, 4.69) is 20.2 Å². The van der Waals surface area contributed by atoms with E-state index < -0.39 is 17.6 Å². The number of pyridine rings is 1. The van der Waals surface area contributed by atoms with Crippen molar-refractivity contribution in [1.82, 2.24) is 25.2 Å². The fourth-order valence-electron chi connectivity index (χ4n) is 5.20. The number of hydrogen-bond acceptors (Lipinski definition) is 8. The molecule has 3 saturated heterocycles. The number of hydrogen-bond donors (Lipinski definition) is 2. The maximum atomic E-state index is 12.8. The largest absolute Gasteiger partial charge is 0.474 e. The van der Waals surface area contributed by atoms with Crippen LogP contribution in [0.1, 0.15) is 47.4 Å². The number of nitrogens with zero attached hydrogens (tertiary/aromatic N) is 5. The third-order valence-corrected chi connectivity index (χ3v) is 6.79. The number of ether oxygens (including phenoxy) is 1. The predicted molar refractivity (Wildman–Crippen MR) is 121 cm³/mol. The van der Waals surface area contributed by atoms with Gasteiger partial charge in [-0.25, -0.2) is 15.0 Å². The number of halogens is 3. The summed E-state index contributed by atoms with van der Waals surface area (Å²) in [4.78, 5) is 40.7. The Labute approximate surface area is 205 Å². The molecule has 3 N–H and O–H groups in total. The van der Waals surface area contributed by atoms with Gasteiger partial charge in [0.2, 0.25) is 17.7 Å². The lowest BCUT2D eigenvalue weighted by Crippen LogP contribution is -2.48. The molecule has 2 amide bonds. The van der Waals surface area contributed by atoms with Crippen LogP contribution in [0.4, 0.5) is 19.1 Å². The molecule has 10 nitrogen and oxygen atoms in total. The highest BCUT2D eigenvalue weighted by Gasteiger charge is 2.43. The van der Waals surface area contributed by atoms with Gasteiger partial charge in [-0.1, -0.05) is 0 Å². The Kier molecular flexibility index (Phi) is 6.41. The van der Waals surface area contributed by atoms with Crippen LogP contribution >= 0.6 is 0 Å². The van der Waals surface area contributed by atoms with E-state index in [4.69, 9.17) is 15.5 Å². The summed E-state index contributed by atoms with van der Waals surface area (Å²) in [6.07, 6.45) is -0.915. The first-order valence-corrected chi connectivity index (χ1v) is 11.8. The fourth-order valence-corrected chi connectivity index (χ4v) is 5.20. The zero-order valence-corrected chi connectivity index (χ0v) is 19.4. The number of nitrogens with one attached hydrogen (secondary N) is 1. The Balaban J connectivity index is 1.31. The molecule has 3 aliphatic heterocycles. The van der Waals surface area contributed by atoms with Gasteiger partial charge in [0.15, 0.2) is 0 Å². The second kappa shape index (κ2) is 9.52. The van der Waals surface area contributed by atoms with Gasteiger partial charge in [-0.2, -0.15) is 13.2 Å². The fraction of sp³-hybridized carbons (Fsp3) is 0.522. The smallest absolute Gasteiger partial charge is 0.417 e. The van der Waals surface area contributed by atoms with Gasteiger partial charge in [0.05, 0.1) is 17.8 Å². The summed E-state index contributed by atoms with van der Waals surface area (Å²) in [5.41, 5.74) is 5.44. The van der Waals surface area contributed by atoms with Gasteiger partial charge >= 0.3 is 6.18 Å². The Morgan fingerprint density at radius 2 is 1.94 bits per heavy atom. The second-order valence-corrected chi connectivity index (χ2v) is 9.36. The molecule has 0 radical (unpaired) electrons. The van der Waals surface area contributed by atoms with E-state index in [1.54, 1.807) is 6.07 Å². The Morgan fingerprint density at radius 1 is 1.19 bits per heavy atom. The number of primary amides is 1. The van der Waals surface area contributed by atoms with E-state index in [0.29, 0.717) is 44.1 Å². The Morgan fingerprint density at radius 3 is 2.56 bits per heavy atom. The summed E-state index contributed by atoms with van der Waals surface area (Å²) in [5.74, 6) is -0.148. The molecule has 192 valence electrons. The minimum Gasteiger partial charge on any atom is -0.474 e. The maximum Gasteiger partial charge on any atom is 0.417 e. The van der Waals surface area contributed by atoms with Gasteiger partial charge in [0.25, 0.3) is 5.91 Å². The summed E-state index contributed by atoms with van der Waals surface area (Å²) in [5, 5.41) is 2.78. The average molecular weight is 506 g/mol. The summed E-state index contributed by atoms with van der Waals surface area (Å²) < 4.78 is 44.3. The molecule has 2 bridgehead atoms. The summed E-state index contributed by atoms with van der Waals surface area (Å²) >= 11 is 0. The standard InChI is InChI=1S/C23H26F3N7O3/c24-23(25,26)13-1-4-20(29-10-13)36-17-8-15-2-3-16(9-17)33(15)22-30-14(7-18(31-22)21(27)35)11-32-6-5-28-19(34)12-32/h1,4,7,10,15-17H,2-3,5-6,8-9,11-12H2,(H2,27,35)(H,28,34)/t15-,16?,17?/m1/s1. The van der Waals surface area contributed by atoms with E-state index >= 15 is 0 Å². The van der Waals surface area contributed by atoms with Crippen LogP contribution in [0.5, 0.6) is 5.88 Å². The first-order chi connectivity index (χ1) is 17.2. The van der Waals surface area contributed by atoms with Crippen molar-refractivity contribution in [2.45, 2.75) is 56.6 Å². The third kappa shape index (κ3) is 5.20. The van der Waals surface area contributed by atoms with E-state index in [-0.39, 0.29) is 42.2 Å². The Bertz CT molecular complexity index is 1130. The SMILES string of the molecule is NC(=O)c1cc(CN2CCNC(=O)C2)nc(N2C3CC[C@@H]2CC(Oc2ccc(C(F)(F)F)cn2)C3)n1. The minimum atomic E-state index is -4.45. The molecular weight excluding hydrogens is 479 g/mol. The van der Waals surface area contributed by atoms with Crippen LogP contribution < -0.4 is 20.7 Å². The topological polar surface area (TPSA) is 127 Å². The van der Waals surface area contributed by atoms with Crippen LogP contribution in [0.15, 0.2) is 24.4 Å². The molecule has 0 aromatic carbocycles. The number of aromatic nitrogens is 3. The van der Waals surface area contributed by atoms with E-state index in [1.165, 1.54) is 6.07 Å². The highest BCUT2D eigenvalue weighted by atomic mass is 19.4. The lowest BCUT2D eigenvalue weighted by molar-refractivity contribution is -0.137. The van der Waals surface area contributed by atoms with Crippen molar-refractivity contribution in [3.05, 3.63) is 41.3 Å². The van der Waals surface area contributed by atoms with Crippen molar-refractivity contribution in [3.8, 4) is 5.88 Å². The van der Waals surface area contributed by atoms with Gasteiger partial charge in [-0.05, 0) is 25.0 Å². The van der Waals surface area contributed by atoms with Crippen molar-refractivity contribution < 1.29 is 27.5 Å². The molecule has 5 rings (SSSR count). The van der Waals surface area contributed by atoms with Crippen molar-refractivity contribution >= 4 is 17.8 Å². The molecule has 5 heterocycles. The molecule has 3 fully saturated rings. The highest BCUT2D eigenvalue weighted by molar-refractivity contribution is 5.91. The number of alkyl halides is 3. The van der Waals surface area contributed by atoms with E-state index in [0.717, 1.165) is 25.1 Å². The molecular formula is C23H26F3N7O3. The zero-order valence-electron chi connectivity index (χ0n) is 19.4. The average Bonchev–Trinajstić information content (AvgIpc) is 3.09. The third-order valence-electron chi connectivity index (χ3n) is 6.79. The van der Waals surface area contributed by atoms with Gasteiger partial charge in [-0.3, -0.25) is 14.5 Å². The summed E-state index contributed by atoms with van der Waals surface area (Å²) in [7, 11) is 0. The number of rotatable bonds is 6. The molecule has 2 aromatic heterocycles. The molecule has 3 atom stereocenters. The first-order valence-electron chi connectivity index (χ1n) is 11.8. The van der Waals surface area contributed by atoms with Gasteiger partial charge < -0.3 is 20.7 Å². The van der Waals surface area contributed by atoms with Crippen LogP contribution in [-0.2, 0) is 17.5 Å². The van der Waals surface area contributed by atoms with Gasteiger partial charge in [0.1, 0.15) is 11.8 Å². The number of carbonyl (C=O) groups excluding carboxylic acids is 2. The summed E-state index contributed by atoms with van der Waals surface area (Å²) in [6, 6.07) is 3.85. The van der Waals surface area contributed by atoms with E-state index in [1.807, 2.05) is 4.90 Å². The normalized spacial score (nSPS) is 24.5. The summed E-state index contributed by atoms with van der Waals surface area (Å²) in [6.45, 7) is 1.85. The number of amides is 2. The predicted octanol–water partition coefficient (Wildman–Crippen LogP) is 1.50. The molecule has 2 unspecified atom stereocenters. The first kappa shape index (κ1) is 24.2. The molecule has 0 aliphatic carbocycles. The molecule has 2 aromatic rings. The molecule has 0 saturated carbocycles. The number of carbonyl (C=O) groups is 2. The van der Waals surface area contributed by atoms with Crippen LogP contribution in [0, 0.1) is 0 Å². The van der Waals surface area contributed by atoms with Crippen LogP contribution in [-0.4, -0.2) is 69.5 Å². The van der Waals surface area contributed by atoms with Crippen molar-refractivity contribution in [2.75, 3.05) is 24.5 Å². The van der Waals surface area contributed by atoms with Crippen molar-refractivity contribution in [3.63, 3.8) is 0 Å². The maximum absolute atomic E-state index is 12.8. The van der Waals surface area contributed by atoms with Crippen LogP contribution in [0.2, 0.25) is 0 Å². The van der Waals surface area contributed by atoms with Gasteiger partial charge in [-0.15, -0.1) is 0 Å².